The summed E-state index contributed by atoms with van der Waals surface area (Å²) in [5, 5.41) is 19.7. The molecule has 0 fully saturated rings. The van der Waals surface area contributed by atoms with E-state index in [2.05, 4.69) is 10.3 Å². The molecule has 5 nitrogen and oxygen atoms in total. The Hall–Kier alpha value is -1.65. The van der Waals surface area contributed by atoms with E-state index in [1.165, 1.54) is 6.07 Å². The summed E-state index contributed by atoms with van der Waals surface area (Å²) < 4.78 is 0. The lowest BCUT2D eigenvalue weighted by atomic mass is 10.5. The molecule has 1 amide bonds. The lowest BCUT2D eigenvalue weighted by Crippen LogP contribution is -1.90. The number of hydrogen-bond acceptors (Lipinski definition) is 3. The summed E-state index contributed by atoms with van der Waals surface area (Å²) in [6.45, 7) is 0. The van der Waals surface area contributed by atoms with Gasteiger partial charge >= 0.3 is 0 Å². The molecule has 0 spiro atoms. The van der Waals surface area contributed by atoms with E-state index in [9.17, 15) is 4.79 Å². The molecule has 0 aliphatic carbocycles. The first-order chi connectivity index (χ1) is 4.74. The van der Waals surface area contributed by atoms with E-state index in [4.69, 9.17) is 10.2 Å². The monoisotopic (exact) mass is 142 g/mol. The summed E-state index contributed by atoms with van der Waals surface area (Å²) in [5.41, 5.74) is 0.160. The number of carbonyl (C=O) groups is 1. The molecule has 0 atom stereocenters. The fourth-order valence-corrected chi connectivity index (χ4v) is 0.603. The van der Waals surface area contributed by atoms with Gasteiger partial charge in [0.25, 0.3) is 0 Å². The molecule has 1 rings (SSSR count). The highest BCUT2D eigenvalue weighted by Gasteiger charge is 2.03. The van der Waals surface area contributed by atoms with Crippen LogP contribution in [-0.2, 0) is 4.79 Å². The van der Waals surface area contributed by atoms with Crippen molar-refractivity contribution < 1.29 is 15.0 Å². The fourth-order valence-electron chi connectivity index (χ4n) is 0.603. The maximum atomic E-state index is 9.82. The number of rotatable bonds is 2. The lowest BCUT2D eigenvalue weighted by molar-refractivity contribution is -0.105. The zero-order chi connectivity index (χ0) is 7.56. The van der Waals surface area contributed by atoms with Crippen molar-refractivity contribution in [3.05, 3.63) is 6.07 Å². The van der Waals surface area contributed by atoms with Crippen LogP contribution in [0.4, 0.5) is 5.69 Å². The molecule has 1 aromatic heterocycles. The molecule has 1 heterocycles. The second kappa shape index (κ2) is 2.30. The predicted molar refractivity (Wildman–Crippen MR) is 33.8 cm³/mol. The van der Waals surface area contributed by atoms with Gasteiger partial charge in [0.2, 0.25) is 12.3 Å². The van der Waals surface area contributed by atoms with Crippen LogP contribution in [0.2, 0.25) is 0 Å². The Balaban J connectivity index is 2.91. The van der Waals surface area contributed by atoms with Crippen LogP contribution in [0.5, 0.6) is 11.8 Å². The summed E-state index contributed by atoms with van der Waals surface area (Å²) in [5.74, 6) is -0.452. The minimum Gasteiger partial charge on any atom is -0.494 e. The Morgan fingerprint density at radius 2 is 2.30 bits per heavy atom. The molecule has 0 aliphatic heterocycles. The largest absolute Gasteiger partial charge is 0.494 e. The van der Waals surface area contributed by atoms with Gasteiger partial charge in [0.15, 0.2) is 5.88 Å². The molecule has 0 bridgehead atoms. The number of aromatic amines is 1. The van der Waals surface area contributed by atoms with Crippen LogP contribution in [0.1, 0.15) is 0 Å². The molecule has 5 heteroatoms. The number of aromatic nitrogens is 1. The highest BCUT2D eigenvalue weighted by molar-refractivity contribution is 5.75. The Kier molecular flexibility index (Phi) is 1.49. The SMILES string of the molecule is O=CNc1cc(O)[nH]c1O. The third kappa shape index (κ3) is 1.02. The summed E-state index contributed by atoms with van der Waals surface area (Å²) >= 11 is 0. The molecule has 0 aliphatic rings. The van der Waals surface area contributed by atoms with Crippen molar-refractivity contribution in [1.82, 2.24) is 4.98 Å². The number of anilines is 1. The minimum atomic E-state index is -0.260. The number of hydrogen-bond donors (Lipinski definition) is 4. The quantitative estimate of drug-likeness (QED) is 0.438. The second-order valence-electron chi connectivity index (χ2n) is 1.68. The first-order valence-corrected chi connectivity index (χ1v) is 2.55. The Morgan fingerprint density at radius 1 is 1.60 bits per heavy atom. The number of H-pyrrole nitrogens is 1. The molecular weight excluding hydrogens is 136 g/mol. The summed E-state index contributed by atoms with van der Waals surface area (Å²) in [6.07, 6.45) is 0.405. The molecule has 10 heavy (non-hydrogen) atoms. The number of carbonyl (C=O) groups excluding carboxylic acids is 1. The topological polar surface area (TPSA) is 85.4 Å². The molecule has 0 saturated carbocycles. The first kappa shape index (κ1) is 6.47. The van der Waals surface area contributed by atoms with E-state index in [1.807, 2.05) is 0 Å². The molecule has 0 aromatic carbocycles. The summed E-state index contributed by atoms with van der Waals surface area (Å²) in [4.78, 5) is 12.0. The van der Waals surface area contributed by atoms with Gasteiger partial charge in [0, 0.05) is 6.07 Å². The smallest absolute Gasteiger partial charge is 0.215 e. The third-order valence-electron chi connectivity index (χ3n) is 0.997. The first-order valence-electron chi connectivity index (χ1n) is 2.55. The average molecular weight is 142 g/mol. The van der Waals surface area contributed by atoms with E-state index in [1.54, 1.807) is 0 Å². The maximum Gasteiger partial charge on any atom is 0.215 e. The van der Waals surface area contributed by atoms with E-state index < -0.39 is 0 Å². The molecule has 0 saturated heterocycles. The highest BCUT2D eigenvalue weighted by atomic mass is 16.3. The van der Waals surface area contributed by atoms with E-state index in [-0.39, 0.29) is 17.4 Å². The van der Waals surface area contributed by atoms with Crippen LogP contribution in [0.15, 0.2) is 6.07 Å². The van der Waals surface area contributed by atoms with Crippen molar-refractivity contribution in [2.45, 2.75) is 0 Å². The standard InChI is InChI=1S/C5H6N2O3/c8-2-6-3-1-4(9)7-5(3)10/h1-2,7,9-10H,(H,6,8). The van der Waals surface area contributed by atoms with Crippen LogP contribution in [0.25, 0.3) is 0 Å². The second-order valence-corrected chi connectivity index (χ2v) is 1.68. The van der Waals surface area contributed by atoms with E-state index in [0.717, 1.165) is 0 Å². The van der Waals surface area contributed by atoms with Gasteiger partial charge in [-0.1, -0.05) is 0 Å². The summed E-state index contributed by atoms with van der Waals surface area (Å²) in [7, 11) is 0. The zero-order valence-corrected chi connectivity index (χ0v) is 4.96. The van der Waals surface area contributed by atoms with Crippen LogP contribution < -0.4 is 5.32 Å². The van der Waals surface area contributed by atoms with Gasteiger partial charge in [0.1, 0.15) is 5.69 Å². The van der Waals surface area contributed by atoms with Crippen LogP contribution in [0.3, 0.4) is 0 Å². The summed E-state index contributed by atoms with van der Waals surface area (Å²) in [6, 6.07) is 1.20. The lowest BCUT2D eigenvalue weighted by Gasteiger charge is -1.90. The molecule has 0 unspecified atom stereocenters. The number of nitrogens with one attached hydrogen (secondary N) is 2. The van der Waals surface area contributed by atoms with Gasteiger partial charge < -0.3 is 15.5 Å². The fraction of sp³-hybridized carbons (Fsp3) is 0. The van der Waals surface area contributed by atoms with Crippen molar-refractivity contribution in [2.75, 3.05) is 5.32 Å². The van der Waals surface area contributed by atoms with Crippen molar-refractivity contribution in [3.63, 3.8) is 0 Å². The van der Waals surface area contributed by atoms with Crippen molar-refractivity contribution in [2.24, 2.45) is 0 Å². The number of amides is 1. The van der Waals surface area contributed by atoms with Gasteiger partial charge in [0.05, 0.1) is 0 Å². The van der Waals surface area contributed by atoms with Crippen molar-refractivity contribution in [1.29, 1.82) is 0 Å². The molecular formula is C5H6N2O3. The Morgan fingerprint density at radius 3 is 2.70 bits per heavy atom. The van der Waals surface area contributed by atoms with Gasteiger partial charge in [-0.25, -0.2) is 0 Å². The Labute approximate surface area is 56.3 Å². The molecule has 4 N–H and O–H groups in total. The van der Waals surface area contributed by atoms with Crippen molar-refractivity contribution in [3.8, 4) is 11.8 Å². The van der Waals surface area contributed by atoms with Gasteiger partial charge in [-0.3, -0.25) is 9.78 Å². The zero-order valence-electron chi connectivity index (χ0n) is 4.96. The van der Waals surface area contributed by atoms with Crippen molar-refractivity contribution >= 4 is 12.1 Å². The van der Waals surface area contributed by atoms with Gasteiger partial charge in [-0.2, -0.15) is 0 Å². The number of aromatic hydroxyl groups is 2. The van der Waals surface area contributed by atoms with Gasteiger partial charge in [-0.15, -0.1) is 0 Å². The predicted octanol–water partition coefficient (Wildman–Crippen LogP) is -0.00580. The van der Waals surface area contributed by atoms with Crippen LogP contribution >= 0.6 is 0 Å². The van der Waals surface area contributed by atoms with Gasteiger partial charge in [-0.05, 0) is 0 Å². The molecule has 54 valence electrons. The molecule has 0 radical (unpaired) electrons. The maximum absolute atomic E-state index is 9.82. The van der Waals surface area contributed by atoms with Crippen LogP contribution in [-0.4, -0.2) is 21.6 Å². The average Bonchev–Trinajstić information content (AvgIpc) is 2.13. The highest BCUT2D eigenvalue weighted by Crippen LogP contribution is 2.25. The van der Waals surface area contributed by atoms with E-state index >= 15 is 0 Å². The molecule has 1 aromatic rings. The normalized spacial score (nSPS) is 9.20. The Bertz CT molecular complexity index is 243. The van der Waals surface area contributed by atoms with Crippen LogP contribution in [0, 0.1) is 0 Å². The van der Waals surface area contributed by atoms with E-state index in [0.29, 0.717) is 6.41 Å². The third-order valence-corrected chi connectivity index (χ3v) is 0.997. The minimum absolute atomic E-state index is 0.160.